The standard InChI is InChI=1S/C21H17N3O4/c1-12-19-14(11-16(18-7-4-9-26-18)23-21(19)28-24-12)20(25)22-15-8-10-27-17-6-3-2-5-13(15)17/h2-7,9,11,15H,8,10H2,1H3,(H,22,25)/t15-/m1/s1. The molecule has 0 saturated carbocycles. The van der Waals surface area contributed by atoms with Gasteiger partial charge in [-0.1, -0.05) is 23.4 Å². The van der Waals surface area contributed by atoms with E-state index in [1.165, 1.54) is 0 Å². The number of carbonyl (C=O) groups is 1. The topological polar surface area (TPSA) is 90.4 Å². The summed E-state index contributed by atoms with van der Waals surface area (Å²) >= 11 is 0. The van der Waals surface area contributed by atoms with Crippen molar-refractivity contribution in [1.82, 2.24) is 15.5 Å². The first kappa shape index (κ1) is 16.6. The third-order valence-electron chi connectivity index (χ3n) is 4.90. The number of para-hydroxylation sites is 1. The number of fused-ring (bicyclic) bond motifs is 2. The van der Waals surface area contributed by atoms with Gasteiger partial charge in [0.2, 0.25) is 0 Å². The molecule has 4 aromatic rings. The lowest BCUT2D eigenvalue weighted by atomic mass is 9.99. The molecular formula is C21H17N3O4. The van der Waals surface area contributed by atoms with Crippen LogP contribution >= 0.6 is 0 Å². The molecule has 0 fully saturated rings. The highest BCUT2D eigenvalue weighted by atomic mass is 16.5. The van der Waals surface area contributed by atoms with Crippen molar-refractivity contribution >= 4 is 17.0 Å². The average molecular weight is 375 g/mol. The van der Waals surface area contributed by atoms with E-state index in [-0.39, 0.29) is 11.9 Å². The Morgan fingerprint density at radius 2 is 2.11 bits per heavy atom. The summed E-state index contributed by atoms with van der Waals surface area (Å²) in [4.78, 5) is 17.7. The fraction of sp³-hybridized carbons (Fsp3) is 0.190. The smallest absolute Gasteiger partial charge is 0.259 e. The molecule has 1 amide bonds. The van der Waals surface area contributed by atoms with Gasteiger partial charge in [0.05, 0.1) is 35.6 Å². The molecule has 140 valence electrons. The third-order valence-corrected chi connectivity index (χ3v) is 4.90. The molecule has 0 radical (unpaired) electrons. The van der Waals surface area contributed by atoms with Gasteiger partial charge in [0.15, 0.2) is 5.76 Å². The van der Waals surface area contributed by atoms with Crippen LogP contribution in [0.3, 0.4) is 0 Å². The van der Waals surface area contributed by atoms with Crippen LogP contribution in [0.4, 0.5) is 0 Å². The SMILES string of the molecule is Cc1noc2nc(-c3ccco3)cc(C(=O)N[C@@H]3CCOc4ccccc43)c12. The molecule has 0 bridgehead atoms. The zero-order valence-corrected chi connectivity index (χ0v) is 15.1. The van der Waals surface area contributed by atoms with Gasteiger partial charge >= 0.3 is 0 Å². The highest BCUT2D eigenvalue weighted by molar-refractivity contribution is 6.07. The number of pyridine rings is 1. The van der Waals surface area contributed by atoms with Crippen LogP contribution in [0.1, 0.15) is 34.1 Å². The Hall–Kier alpha value is -3.61. The molecule has 7 heteroatoms. The highest BCUT2D eigenvalue weighted by Crippen LogP contribution is 2.33. The van der Waals surface area contributed by atoms with Crippen LogP contribution in [0, 0.1) is 6.92 Å². The van der Waals surface area contributed by atoms with Crippen molar-refractivity contribution < 1.29 is 18.5 Å². The lowest BCUT2D eigenvalue weighted by molar-refractivity contribution is 0.0926. The number of furan rings is 1. The molecule has 1 aliphatic rings. The van der Waals surface area contributed by atoms with Gasteiger partial charge in [-0.2, -0.15) is 0 Å². The maximum atomic E-state index is 13.2. The Kier molecular flexibility index (Phi) is 3.86. The maximum Gasteiger partial charge on any atom is 0.259 e. The number of aryl methyl sites for hydroxylation is 1. The van der Waals surface area contributed by atoms with Gasteiger partial charge in [0.1, 0.15) is 11.4 Å². The van der Waals surface area contributed by atoms with Gasteiger partial charge < -0.3 is 19.0 Å². The summed E-state index contributed by atoms with van der Waals surface area (Å²) < 4.78 is 16.4. The number of hydrogen-bond acceptors (Lipinski definition) is 6. The Bertz CT molecular complexity index is 1160. The van der Waals surface area contributed by atoms with E-state index < -0.39 is 0 Å². The summed E-state index contributed by atoms with van der Waals surface area (Å²) in [6, 6.07) is 12.9. The lowest BCUT2D eigenvalue weighted by Gasteiger charge is -2.26. The van der Waals surface area contributed by atoms with Crippen molar-refractivity contribution in [3.63, 3.8) is 0 Å². The summed E-state index contributed by atoms with van der Waals surface area (Å²) in [5.74, 6) is 1.14. The molecule has 1 aliphatic heterocycles. The van der Waals surface area contributed by atoms with Gasteiger partial charge in [-0.15, -0.1) is 0 Å². The minimum Gasteiger partial charge on any atom is -0.493 e. The second kappa shape index (κ2) is 6.53. The molecule has 0 spiro atoms. The molecule has 1 N–H and O–H groups in total. The van der Waals surface area contributed by atoms with E-state index in [1.54, 1.807) is 31.4 Å². The number of hydrogen-bond donors (Lipinski definition) is 1. The number of ether oxygens (including phenoxy) is 1. The first-order chi connectivity index (χ1) is 13.7. The number of aromatic nitrogens is 2. The van der Waals surface area contributed by atoms with Crippen molar-refractivity contribution in [3.05, 3.63) is 65.5 Å². The predicted octanol–water partition coefficient (Wildman–Crippen LogP) is 4.04. The Morgan fingerprint density at radius 1 is 1.21 bits per heavy atom. The Labute approximate surface area is 160 Å². The fourth-order valence-electron chi connectivity index (χ4n) is 3.55. The van der Waals surface area contributed by atoms with Gasteiger partial charge in [0, 0.05) is 12.0 Å². The van der Waals surface area contributed by atoms with Crippen LogP contribution in [0.2, 0.25) is 0 Å². The summed E-state index contributed by atoms with van der Waals surface area (Å²) in [5, 5.41) is 7.71. The molecule has 0 unspecified atom stereocenters. The van der Waals surface area contributed by atoms with Crippen molar-refractivity contribution in [2.45, 2.75) is 19.4 Å². The van der Waals surface area contributed by atoms with Crippen molar-refractivity contribution in [2.75, 3.05) is 6.61 Å². The largest absolute Gasteiger partial charge is 0.493 e. The number of amides is 1. The van der Waals surface area contributed by atoms with Crippen LogP contribution in [0.25, 0.3) is 22.6 Å². The second-order valence-electron chi connectivity index (χ2n) is 6.68. The molecule has 28 heavy (non-hydrogen) atoms. The molecule has 0 saturated heterocycles. The quantitative estimate of drug-likeness (QED) is 0.581. The van der Waals surface area contributed by atoms with Crippen molar-refractivity contribution in [2.24, 2.45) is 0 Å². The van der Waals surface area contributed by atoms with Gasteiger partial charge in [-0.3, -0.25) is 4.79 Å². The highest BCUT2D eigenvalue weighted by Gasteiger charge is 2.26. The minimum atomic E-state index is -0.215. The molecule has 7 nitrogen and oxygen atoms in total. The number of benzene rings is 1. The molecule has 4 heterocycles. The zero-order chi connectivity index (χ0) is 19.1. The third kappa shape index (κ3) is 2.72. The molecule has 5 rings (SSSR count). The Balaban J connectivity index is 1.55. The maximum absolute atomic E-state index is 13.2. The van der Waals surface area contributed by atoms with E-state index in [0.717, 1.165) is 11.3 Å². The molecule has 1 aromatic carbocycles. The summed E-state index contributed by atoms with van der Waals surface area (Å²) in [6.07, 6.45) is 2.26. The molecular weight excluding hydrogens is 358 g/mol. The molecule has 3 aromatic heterocycles. The zero-order valence-electron chi connectivity index (χ0n) is 15.1. The predicted molar refractivity (Wildman–Crippen MR) is 101 cm³/mol. The van der Waals surface area contributed by atoms with Gasteiger partial charge in [-0.05, 0) is 31.2 Å². The molecule has 0 aliphatic carbocycles. The second-order valence-corrected chi connectivity index (χ2v) is 6.68. The number of rotatable bonds is 3. The Morgan fingerprint density at radius 3 is 2.96 bits per heavy atom. The van der Waals surface area contributed by atoms with Crippen LogP contribution in [-0.2, 0) is 0 Å². The fourth-order valence-corrected chi connectivity index (χ4v) is 3.55. The normalized spacial score (nSPS) is 15.8. The van der Waals surface area contributed by atoms with E-state index >= 15 is 0 Å². The van der Waals surface area contributed by atoms with Crippen molar-refractivity contribution in [3.8, 4) is 17.2 Å². The van der Waals surface area contributed by atoms with Crippen LogP contribution in [-0.4, -0.2) is 22.7 Å². The van der Waals surface area contributed by atoms with E-state index in [1.807, 2.05) is 24.3 Å². The van der Waals surface area contributed by atoms with E-state index in [9.17, 15) is 4.79 Å². The van der Waals surface area contributed by atoms with Crippen LogP contribution < -0.4 is 10.1 Å². The van der Waals surface area contributed by atoms with Crippen LogP contribution in [0.5, 0.6) is 5.75 Å². The van der Waals surface area contributed by atoms with E-state index in [2.05, 4.69) is 15.5 Å². The summed E-state index contributed by atoms with van der Waals surface area (Å²) in [7, 11) is 0. The average Bonchev–Trinajstić information content (AvgIpc) is 3.38. The number of nitrogens with zero attached hydrogens (tertiary/aromatic N) is 2. The number of carbonyl (C=O) groups excluding carboxylic acids is 1. The first-order valence-electron chi connectivity index (χ1n) is 9.04. The summed E-state index contributed by atoms with van der Waals surface area (Å²) in [6.45, 7) is 2.35. The monoisotopic (exact) mass is 375 g/mol. The van der Waals surface area contributed by atoms with Crippen molar-refractivity contribution in [1.29, 1.82) is 0 Å². The molecule has 1 atom stereocenters. The number of nitrogens with one attached hydrogen (secondary N) is 1. The van der Waals surface area contributed by atoms with Gasteiger partial charge in [0.25, 0.3) is 11.6 Å². The van der Waals surface area contributed by atoms with E-state index in [0.29, 0.717) is 46.8 Å². The van der Waals surface area contributed by atoms with Gasteiger partial charge in [-0.25, -0.2) is 4.98 Å². The first-order valence-corrected chi connectivity index (χ1v) is 9.04. The van der Waals surface area contributed by atoms with E-state index in [4.69, 9.17) is 13.7 Å². The minimum absolute atomic E-state index is 0.132. The van der Waals surface area contributed by atoms with Crippen LogP contribution in [0.15, 0.2) is 57.7 Å². The summed E-state index contributed by atoms with van der Waals surface area (Å²) in [5.41, 5.74) is 2.88. The lowest BCUT2D eigenvalue weighted by Crippen LogP contribution is -2.32.